The number of carboxylic acid groups (broad SMARTS) is 1. The number of sulfone groups is 1. The summed E-state index contributed by atoms with van der Waals surface area (Å²) >= 11 is 0. The Morgan fingerprint density at radius 3 is 2.35 bits per heavy atom. The summed E-state index contributed by atoms with van der Waals surface area (Å²) < 4.78 is 28.1. The second-order valence-corrected chi connectivity index (χ2v) is 6.98. The summed E-state index contributed by atoms with van der Waals surface area (Å²) in [5, 5.41) is 8.77. The minimum atomic E-state index is -2.84. The molecule has 0 aromatic heterocycles. The third-order valence-electron chi connectivity index (χ3n) is 3.21. The number of rotatable bonds is 5. The summed E-state index contributed by atoms with van der Waals surface area (Å²) in [4.78, 5) is 12.7. The van der Waals surface area contributed by atoms with Crippen LogP contribution < -0.4 is 4.74 Å². The van der Waals surface area contributed by atoms with Crippen LogP contribution in [0.25, 0.3) is 0 Å². The number of benzene rings is 1. The number of hydrogen-bond donors (Lipinski definition) is 1. The van der Waals surface area contributed by atoms with Gasteiger partial charge in [-0.05, 0) is 24.3 Å². The van der Waals surface area contributed by atoms with E-state index in [9.17, 15) is 13.2 Å². The lowest BCUT2D eigenvalue weighted by Crippen LogP contribution is -2.42. The fraction of sp³-hybridized carbons (Fsp3) is 0.462. The van der Waals surface area contributed by atoms with E-state index in [4.69, 9.17) is 9.84 Å². The summed E-state index contributed by atoms with van der Waals surface area (Å²) in [6.45, 7) is 2.20. The Hall–Kier alpha value is -1.60. The zero-order valence-corrected chi connectivity index (χ0v) is 11.8. The fourth-order valence-electron chi connectivity index (χ4n) is 1.96. The molecule has 0 atom stereocenters. The van der Waals surface area contributed by atoms with Gasteiger partial charge in [0.1, 0.15) is 12.4 Å². The third-order valence-corrected chi connectivity index (χ3v) is 4.82. The van der Waals surface area contributed by atoms with Crippen LogP contribution in [0.15, 0.2) is 24.3 Å². The molecule has 0 aliphatic carbocycles. The number of hydrogen-bond acceptors (Lipinski definition) is 5. The number of carboxylic acids is 1. The molecule has 1 aliphatic heterocycles. The van der Waals surface area contributed by atoms with Crippen LogP contribution in [0.5, 0.6) is 5.75 Å². The first kappa shape index (κ1) is 14.8. The highest BCUT2D eigenvalue weighted by Gasteiger charge is 2.21. The van der Waals surface area contributed by atoms with Gasteiger partial charge >= 0.3 is 5.97 Å². The molecule has 1 aliphatic rings. The second-order valence-electron chi connectivity index (χ2n) is 4.67. The van der Waals surface area contributed by atoms with Crippen molar-refractivity contribution in [2.75, 3.05) is 37.7 Å². The summed E-state index contributed by atoms with van der Waals surface area (Å²) in [6, 6.07) is 6.21. The van der Waals surface area contributed by atoms with E-state index in [-0.39, 0.29) is 17.1 Å². The van der Waals surface area contributed by atoms with Gasteiger partial charge in [-0.3, -0.25) is 4.90 Å². The van der Waals surface area contributed by atoms with Crippen LogP contribution in [0, 0.1) is 0 Å². The van der Waals surface area contributed by atoms with Crippen LogP contribution in [0.4, 0.5) is 0 Å². The Bertz CT molecular complexity index is 553. The van der Waals surface area contributed by atoms with E-state index in [1.165, 1.54) is 12.1 Å². The molecule has 20 heavy (non-hydrogen) atoms. The standard InChI is InChI=1S/C13H17NO5S/c15-13(16)11-1-3-12(4-2-11)19-8-5-14-6-9-20(17,18)10-7-14/h1-4H,5-10H2,(H,15,16). The molecule has 110 valence electrons. The van der Waals surface area contributed by atoms with Crippen molar-refractivity contribution in [3.8, 4) is 5.75 Å². The highest BCUT2D eigenvalue weighted by atomic mass is 32.2. The minimum Gasteiger partial charge on any atom is -0.492 e. The van der Waals surface area contributed by atoms with Crippen LogP contribution >= 0.6 is 0 Å². The van der Waals surface area contributed by atoms with Crippen molar-refractivity contribution >= 4 is 15.8 Å². The van der Waals surface area contributed by atoms with Crippen molar-refractivity contribution in [3.05, 3.63) is 29.8 Å². The predicted molar refractivity (Wildman–Crippen MR) is 74.0 cm³/mol. The quantitative estimate of drug-likeness (QED) is 0.852. The van der Waals surface area contributed by atoms with Crippen molar-refractivity contribution in [1.82, 2.24) is 4.90 Å². The molecule has 0 spiro atoms. The van der Waals surface area contributed by atoms with Gasteiger partial charge in [0.2, 0.25) is 0 Å². The zero-order chi connectivity index (χ0) is 14.6. The topological polar surface area (TPSA) is 83.9 Å². The second kappa shape index (κ2) is 6.23. The molecular weight excluding hydrogens is 282 g/mol. The molecule has 1 aromatic rings. The lowest BCUT2D eigenvalue weighted by Gasteiger charge is -2.26. The predicted octanol–water partition coefficient (Wildman–Crippen LogP) is 0.494. The SMILES string of the molecule is O=C(O)c1ccc(OCCN2CCS(=O)(=O)CC2)cc1. The Balaban J connectivity index is 1.75. The van der Waals surface area contributed by atoms with Gasteiger partial charge < -0.3 is 9.84 Å². The van der Waals surface area contributed by atoms with E-state index < -0.39 is 15.8 Å². The molecule has 0 unspecified atom stereocenters. The van der Waals surface area contributed by atoms with E-state index in [1.807, 2.05) is 4.90 Å². The fourth-order valence-corrected chi connectivity index (χ4v) is 3.24. The molecule has 0 bridgehead atoms. The van der Waals surface area contributed by atoms with E-state index in [2.05, 4.69) is 0 Å². The van der Waals surface area contributed by atoms with E-state index in [1.54, 1.807) is 12.1 Å². The molecule has 6 nitrogen and oxygen atoms in total. The van der Waals surface area contributed by atoms with Gasteiger partial charge in [0, 0.05) is 19.6 Å². The molecule has 1 heterocycles. The molecule has 1 aromatic carbocycles. The molecule has 0 saturated carbocycles. The van der Waals surface area contributed by atoms with Gasteiger partial charge in [-0.2, -0.15) is 0 Å². The van der Waals surface area contributed by atoms with E-state index in [0.717, 1.165) is 0 Å². The average Bonchev–Trinajstić information content (AvgIpc) is 2.41. The monoisotopic (exact) mass is 299 g/mol. The molecule has 7 heteroatoms. The molecule has 0 radical (unpaired) electrons. The van der Waals surface area contributed by atoms with Gasteiger partial charge in [0.25, 0.3) is 0 Å². The first-order valence-electron chi connectivity index (χ1n) is 6.35. The summed E-state index contributed by atoms with van der Waals surface area (Å²) in [6.07, 6.45) is 0. The van der Waals surface area contributed by atoms with Gasteiger partial charge in [0.05, 0.1) is 17.1 Å². The Morgan fingerprint density at radius 1 is 1.20 bits per heavy atom. The van der Waals surface area contributed by atoms with Gasteiger partial charge in [-0.1, -0.05) is 0 Å². The minimum absolute atomic E-state index is 0.209. The molecule has 2 rings (SSSR count). The number of nitrogens with zero attached hydrogens (tertiary/aromatic N) is 1. The average molecular weight is 299 g/mol. The highest BCUT2D eigenvalue weighted by molar-refractivity contribution is 7.91. The number of ether oxygens (including phenoxy) is 1. The first-order chi connectivity index (χ1) is 9.46. The number of aromatic carboxylic acids is 1. The first-order valence-corrected chi connectivity index (χ1v) is 8.17. The molecule has 1 fully saturated rings. The summed E-state index contributed by atoms with van der Waals surface area (Å²) in [5.41, 5.74) is 0.221. The van der Waals surface area contributed by atoms with Gasteiger partial charge in [-0.15, -0.1) is 0 Å². The molecule has 1 N–H and O–H groups in total. The molecular formula is C13H17NO5S. The van der Waals surface area contributed by atoms with Crippen LogP contribution in [-0.2, 0) is 9.84 Å². The van der Waals surface area contributed by atoms with Crippen molar-refractivity contribution in [2.45, 2.75) is 0 Å². The summed E-state index contributed by atoms with van der Waals surface area (Å²) in [5.74, 6) is 0.0615. The smallest absolute Gasteiger partial charge is 0.335 e. The Labute approximate surface area is 117 Å². The van der Waals surface area contributed by atoms with Crippen molar-refractivity contribution in [2.24, 2.45) is 0 Å². The maximum atomic E-state index is 11.3. The van der Waals surface area contributed by atoms with Crippen molar-refractivity contribution < 1.29 is 23.1 Å². The third kappa shape index (κ3) is 4.21. The maximum absolute atomic E-state index is 11.3. The van der Waals surface area contributed by atoms with Crippen LogP contribution in [0.3, 0.4) is 0 Å². The lowest BCUT2D eigenvalue weighted by atomic mass is 10.2. The largest absolute Gasteiger partial charge is 0.492 e. The van der Waals surface area contributed by atoms with Crippen molar-refractivity contribution in [1.29, 1.82) is 0 Å². The van der Waals surface area contributed by atoms with Gasteiger partial charge in [0.15, 0.2) is 9.84 Å². The van der Waals surface area contributed by atoms with Crippen LogP contribution in [0.1, 0.15) is 10.4 Å². The molecule has 0 amide bonds. The van der Waals surface area contributed by atoms with Crippen LogP contribution in [0.2, 0.25) is 0 Å². The van der Waals surface area contributed by atoms with Crippen molar-refractivity contribution in [3.63, 3.8) is 0 Å². The maximum Gasteiger partial charge on any atom is 0.335 e. The van der Waals surface area contributed by atoms with Crippen LogP contribution in [-0.4, -0.2) is 62.1 Å². The van der Waals surface area contributed by atoms with E-state index >= 15 is 0 Å². The summed E-state index contributed by atoms with van der Waals surface area (Å²) in [7, 11) is -2.84. The number of carbonyl (C=O) groups is 1. The Kier molecular flexibility index (Phi) is 4.61. The zero-order valence-electron chi connectivity index (χ0n) is 11.0. The lowest BCUT2D eigenvalue weighted by molar-refractivity contribution is 0.0697. The van der Waals surface area contributed by atoms with E-state index in [0.29, 0.717) is 32.0 Å². The normalized spacial score (nSPS) is 18.6. The Morgan fingerprint density at radius 2 is 1.80 bits per heavy atom. The van der Waals surface area contributed by atoms with Gasteiger partial charge in [-0.25, -0.2) is 13.2 Å². The molecule has 1 saturated heterocycles. The highest BCUT2D eigenvalue weighted by Crippen LogP contribution is 2.12.